The van der Waals surface area contributed by atoms with Crippen molar-refractivity contribution in [2.75, 3.05) is 0 Å². The maximum Gasteiger partial charge on any atom is 0.427 e. The van der Waals surface area contributed by atoms with E-state index in [-0.39, 0.29) is 22.8 Å². The number of alkyl halides is 7. The normalized spacial score (nSPS) is 21.5. The number of aliphatic carboxylic acids is 1. The molecule has 0 saturated carbocycles. The molecule has 0 amide bonds. The van der Waals surface area contributed by atoms with Gasteiger partial charge in [-0.15, -0.1) is 11.6 Å². The van der Waals surface area contributed by atoms with Crippen molar-refractivity contribution < 1.29 is 45.7 Å². The maximum absolute atomic E-state index is 13.3. The van der Waals surface area contributed by atoms with Gasteiger partial charge in [0.05, 0.1) is 10.6 Å². The molecule has 1 heterocycles. The molecule has 0 radical (unpaired) electrons. The predicted octanol–water partition coefficient (Wildman–Crippen LogP) is 6.08. The standard InChI is InChI=1S/C18H10Cl2F6O4/c19-12-4-3-9(5-11(12)17(21,22)23)29-10-2-1-8-7-16(20,15(27)28)14(18(24,25)26)30-13(8)6-10/h1-6,14H,7H2,(H,27,28). The van der Waals surface area contributed by atoms with Gasteiger partial charge in [-0.25, -0.2) is 0 Å². The molecule has 0 fully saturated rings. The van der Waals surface area contributed by atoms with Crippen molar-refractivity contribution in [3.05, 3.63) is 52.5 Å². The van der Waals surface area contributed by atoms with Gasteiger partial charge in [-0.05, 0) is 29.8 Å². The van der Waals surface area contributed by atoms with Crippen molar-refractivity contribution in [3.63, 3.8) is 0 Å². The van der Waals surface area contributed by atoms with Crippen LogP contribution in [0.3, 0.4) is 0 Å². The van der Waals surface area contributed by atoms with Gasteiger partial charge in [-0.1, -0.05) is 17.7 Å². The van der Waals surface area contributed by atoms with Crippen LogP contribution in [0.5, 0.6) is 17.2 Å². The number of carboxylic acid groups (broad SMARTS) is 1. The molecule has 3 rings (SSSR count). The number of hydrogen-bond donors (Lipinski definition) is 1. The quantitative estimate of drug-likeness (QED) is 0.432. The van der Waals surface area contributed by atoms with Gasteiger partial charge in [0.15, 0.2) is 4.87 Å². The SMILES string of the molecule is O=C(O)C1(Cl)Cc2ccc(Oc3ccc(Cl)c(C(F)(F)F)c3)cc2OC1C(F)(F)F. The van der Waals surface area contributed by atoms with E-state index in [1.807, 2.05) is 0 Å². The molecule has 30 heavy (non-hydrogen) atoms. The fraction of sp³-hybridized carbons (Fsp3) is 0.278. The summed E-state index contributed by atoms with van der Waals surface area (Å²) in [5.41, 5.74) is -1.09. The molecule has 2 aromatic rings. The predicted molar refractivity (Wildman–Crippen MR) is 93.4 cm³/mol. The molecule has 1 N–H and O–H groups in total. The van der Waals surface area contributed by atoms with Crippen LogP contribution < -0.4 is 9.47 Å². The Morgan fingerprint density at radius 3 is 2.27 bits per heavy atom. The molecule has 0 bridgehead atoms. The molecule has 12 heteroatoms. The summed E-state index contributed by atoms with van der Waals surface area (Å²) in [4.78, 5) is 8.58. The minimum absolute atomic E-state index is 0.0623. The molecule has 0 saturated heterocycles. The van der Waals surface area contributed by atoms with Crippen molar-refractivity contribution in [1.29, 1.82) is 0 Å². The highest BCUT2D eigenvalue weighted by atomic mass is 35.5. The molecule has 2 atom stereocenters. The summed E-state index contributed by atoms with van der Waals surface area (Å²) in [5, 5.41) is 8.63. The number of carbonyl (C=O) groups is 1. The molecule has 2 aromatic carbocycles. The van der Waals surface area contributed by atoms with Gasteiger partial charge >= 0.3 is 18.3 Å². The molecule has 162 valence electrons. The fourth-order valence-electron chi connectivity index (χ4n) is 2.88. The summed E-state index contributed by atoms with van der Waals surface area (Å²) in [6, 6.07) is 6.20. The van der Waals surface area contributed by atoms with Crippen molar-refractivity contribution in [2.24, 2.45) is 0 Å². The molecule has 0 spiro atoms. The van der Waals surface area contributed by atoms with E-state index >= 15 is 0 Å². The van der Waals surface area contributed by atoms with Gasteiger partial charge in [0.25, 0.3) is 0 Å². The summed E-state index contributed by atoms with van der Waals surface area (Å²) in [6.07, 6.45) is -13.4. The highest BCUT2D eigenvalue weighted by Crippen LogP contribution is 2.45. The molecular formula is C18H10Cl2F6O4. The van der Waals surface area contributed by atoms with Crippen LogP contribution >= 0.6 is 23.2 Å². The summed E-state index contributed by atoms with van der Waals surface area (Å²) in [6.45, 7) is 0. The minimum atomic E-state index is -5.09. The van der Waals surface area contributed by atoms with Gasteiger partial charge in [-0.2, -0.15) is 26.3 Å². The summed E-state index contributed by atoms with van der Waals surface area (Å²) < 4.78 is 88.9. The smallest absolute Gasteiger partial charge is 0.427 e. The van der Waals surface area contributed by atoms with E-state index in [1.54, 1.807) is 0 Å². The van der Waals surface area contributed by atoms with Crippen LogP contribution in [0.1, 0.15) is 11.1 Å². The van der Waals surface area contributed by atoms with Gasteiger partial charge in [0, 0.05) is 12.5 Å². The van der Waals surface area contributed by atoms with Crippen LogP contribution in [0.4, 0.5) is 26.3 Å². The maximum atomic E-state index is 13.3. The lowest BCUT2D eigenvalue weighted by Gasteiger charge is -2.38. The number of ether oxygens (including phenoxy) is 2. The van der Waals surface area contributed by atoms with Crippen LogP contribution in [0.25, 0.3) is 0 Å². The first-order valence-corrected chi connectivity index (χ1v) is 8.80. The highest BCUT2D eigenvalue weighted by Gasteiger charge is 2.61. The lowest BCUT2D eigenvalue weighted by Crippen LogP contribution is -2.58. The zero-order chi connectivity index (χ0) is 22.5. The molecule has 2 unspecified atom stereocenters. The van der Waals surface area contributed by atoms with E-state index in [4.69, 9.17) is 32.7 Å². The number of carboxylic acids is 1. The highest BCUT2D eigenvalue weighted by molar-refractivity contribution is 6.34. The van der Waals surface area contributed by atoms with E-state index in [9.17, 15) is 36.2 Å². The second-order valence-electron chi connectivity index (χ2n) is 6.39. The van der Waals surface area contributed by atoms with E-state index in [0.717, 1.165) is 18.2 Å². The molecule has 4 nitrogen and oxygen atoms in total. The Hall–Kier alpha value is -2.33. The lowest BCUT2D eigenvalue weighted by atomic mass is 9.89. The molecule has 1 aliphatic rings. The third-order valence-electron chi connectivity index (χ3n) is 4.28. The second kappa shape index (κ2) is 7.42. The van der Waals surface area contributed by atoms with Crippen molar-refractivity contribution in [2.45, 2.75) is 29.8 Å². The zero-order valence-electron chi connectivity index (χ0n) is 14.4. The fourth-order valence-corrected chi connectivity index (χ4v) is 3.42. The van der Waals surface area contributed by atoms with Gasteiger partial charge in [0.2, 0.25) is 6.10 Å². The first kappa shape index (κ1) is 22.4. The van der Waals surface area contributed by atoms with Crippen LogP contribution in [-0.2, 0) is 17.4 Å². The molecule has 0 aliphatic carbocycles. The van der Waals surface area contributed by atoms with Gasteiger partial charge in [0.1, 0.15) is 17.2 Å². The topological polar surface area (TPSA) is 55.8 Å². The van der Waals surface area contributed by atoms with E-state index in [1.165, 1.54) is 12.1 Å². The molecular weight excluding hydrogens is 465 g/mol. The Kier molecular flexibility index (Phi) is 5.53. The third-order valence-corrected chi connectivity index (χ3v) is 5.10. The van der Waals surface area contributed by atoms with Crippen molar-refractivity contribution >= 4 is 29.2 Å². The summed E-state index contributed by atoms with van der Waals surface area (Å²) in [7, 11) is 0. The zero-order valence-corrected chi connectivity index (χ0v) is 16.0. The number of hydrogen-bond acceptors (Lipinski definition) is 3. The monoisotopic (exact) mass is 474 g/mol. The largest absolute Gasteiger partial charge is 0.480 e. The Morgan fingerprint density at radius 1 is 1.10 bits per heavy atom. The van der Waals surface area contributed by atoms with Crippen LogP contribution in [0.15, 0.2) is 36.4 Å². The Balaban J connectivity index is 1.94. The van der Waals surface area contributed by atoms with Gasteiger partial charge < -0.3 is 14.6 Å². The van der Waals surface area contributed by atoms with Crippen molar-refractivity contribution in [3.8, 4) is 17.2 Å². The Labute approximate surface area is 174 Å². The summed E-state index contributed by atoms with van der Waals surface area (Å²) in [5.74, 6) is -2.66. The number of halogens is 8. The van der Waals surface area contributed by atoms with E-state index in [2.05, 4.69) is 0 Å². The Morgan fingerprint density at radius 2 is 1.70 bits per heavy atom. The van der Waals surface area contributed by atoms with Crippen LogP contribution in [-0.4, -0.2) is 28.2 Å². The van der Waals surface area contributed by atoms with Crippen LogP contribution in [0, 0.1) is 0 Å². The number of benzene rings is 2. The molecule has 0 aromatic heterocycles. The van der Waals surface area contributed by atoms with Gasteiger partial charge in [-0.3, -0.25) is 4.79 Å². The number of rotatable bonds is 3. The lowest BCUT2D eigenvalue weighted by molar-refractivity contribution is -0.212. The second-order valence-corrected chi connectivity index (χ2v) is 7.48. The summed E-state index contributed by atoms with van der Waals surface area (Å²) >= 11 is 11.3. The van der Waals surface area contributed by atoms with E-state index in [0.29, 0.717) is 6.07 Å². The third kappa shape index (κ3) is 4.24. The van der Waals surface area contributed by atoms with Crippen molar-refractivity contribution in [1.82, 2.24) is 0 Å². The average Bonchev–Trinajstić information content (AvgIpc) is 2.61. The minimum Gasteiger partial charge on any atom is -0.480 e. The Bertz CT molecular complexity index is 992. The van der Waals surface area contributed by atoms with E-state index < -0.39 is 46.3 Å². The first-order chi connectivity index (χ1) is 13.7. The number of fused-ring (bicyclic) bond motifs is 1. The first-order valence-electron chi connectivity index (χ1n) is 8.05. The average molecular weight is 475 g/mol. The van der Waals surface area contributed by atoms with Crippen LogP contribution in [0.2, 0.25) is 5.02 Å². The molecule has 1 aliphatic heterocycles.